The standard InChI is InChI=1S/C17H18N2O2/c1-11-7-8-16(21-11)12(2)18-10-14-9-13-5-3-4-6-15(13)19-17(14)20/h3-9,12,18H,10H2,1-2H3,(H,19,20). The van der Waals surface area contributed by atoms with Gasteiger partial charge in [0, 0.05) is 17.6 Å². The Morgan fingerprint density at radius 3 is 2.81 bits per heavy atom. The largest absolute Gasteiger partial charge is 0.465 e. The van der Waals surface area contributed by atoms with Crippen LogP contribution in [-0.4, -0.2) is 4.98 Å². The highest BCUT2D eigenvalue weighted by Gasteiger charge is 2.10. The predicted molar refractivity (Wildman–Crippen MR) is 83.3 cm³/mol. The monoisotopic (exact) mass is 282 g/mol. The van der Waals surface area contributed by atoms with Gasteiger partial charge in [0.15, 0.2) is 0 Å². The zero-order chi connectivity index (χ0) is 14.8. The Hall–Kier alpha value is -2.33. The van der Waals surface area contributed by atoms with Gasteiger partial charge in [0.2, 0.25) is 0 Å². The van der Waals surface area contributed by atoms with E-state index in [4.69, 9.17) is 4.42 Å². The fourth-order valence-corrected chi connectivity index (χ4v) is 2.37. The number of hydrogen-bond acceptors (Lipinski definition) is 3. The van der Waals surface area contributed by atoms with E-state index >= 15 is 0 Å². The third-order valence-electron chi connectivity index (χ3n) is 3.62. The molecule has 0 radical (unpaired) electrons. The van der Waals surface area contributed by atoms with Crippen LogP contribution >= 0.6 is 0 Å². The molecule has 0 saturated heterocycles. The second-order valence-electron chi connectivity index (χ2n) is 5.26. The fourth-order valence-electron chi connectivity index (χ4n) is 2.37. The van der Waals surface area contributed by atoms with Gasteiger partial charge in [0.25, 0.3) is 5.56 Å². The molecule has 3 aromatic rings. The van der Waals surface area contributed by atoms with E-state index in [1.807, 2.05) is 56.3 Å². The summed E-state index contributed by atoms with van der Waals surface area (Å²) in [6, 6.07) is 13.7. The number of H-pyrrole nitrogens is 1. The number of aromatic amines is 1. The molecule has 4 heteroatoms. The lowest BCUT2D eigenvalue weighted by atomic mass is 10.1. The second-order valence-corrected chi connectivity index (χ2v) is 5.26. The molecule has 0 bridgehead atoms. The summed E-state index contributed by atoms with van der Waals surface area (Å²) in [5.74, 6) is 1.77. The molecule has 2 heterocycles. The first kappa shape index (κ1) is 13.6. The maximum absolute atomic E-state index is 12.1. The molecule has 1 aromatic carbocycles. The Kier molecular flexibility index (Phi) is 3.62. The normalized spacial score (nSPS) is 12.7. The average molecular weight is 282 g/mol. The van der Waals surface area contributed by atoms with Crippen LogP contribution in [0.1, 0.15) is 30.0 Å². The summed E-state index contributed by atoms with van der Waals surface area (Å²) in [5.41, 5.74) is 1.54. The molecule has 21 heavy (non-hydrogen) atoms. The van der Waals surface area contributed by atoms with Crippen molar-refractivity contribution < 1.29 is 4.42 Å². The summed E-state index contributed by atoms with van der Waals surface area (Å²) in [5, 5.41) is 4.36. The summed E-state index contributed by atoms with van der Waals surface area (Å²) in [7, 11) is 0. The smallest absolute Gasteiger partial charge is 0.252 e. The molecule has 4 nitrogen and oxygen atoms in total. The van der Waals surface area contributed by atoms with Crippen LogP contribution in [0, 0.1) is 6.92 Å². The van der Waals surface area contributed by atoms with Crippen molar-refractivity contribution in [2.24, 2.45) is 0 Å². The topological polar surface area (TPSA) is 58.0 Å². The van der Waals surface area contributed by atoms with Crippen molar-refractivity contribution in [3.8, 4) is 0 Å². The van der Waals surface area contributed by atoms with Crippen molar-refractivity contribution in [2.45, 2.75) is 26.4 Å². The van der Waals surface area contributed by atoms with Gasteiger partial charge in [-0.05, 0) is 43.5 Å². The first-order chi connectivity index (χ1) is 10.1. The van der Waals surface area contributed by atoms with Gasteiger partial charge < -0.3 is 14.7 Å². The van der Waals surface area contributed by atoms with Gasteiger partial charge in [-0.2, -0.15) is 0 Å². The molecule has 2 aromatic heterocycles. The molecule has 0 aliphatic heterocycles. The van der Waals surface area contributed by atoms with E-state index in [1.165, 1.54) is 0 Å². The van der Waals surface area contributed by atoms with E-state index in [1.54, 1.807) is 0 Å². The minimum absolute atomic E-state index is 0.0518. The molecule has 0 amide bonds. The molecule has 3 rings (SSSR count). The Bertz CT molecular complexity index is 817. The van der Waals surface area contributed by atoms with E-state index in [2.05, 4.69) is 10.3 Å². The van der Waals surface area contributed by atoms with E-state index in [-0.39, 0.29) is 11.6 Å². The van der Waals surface area contributed by atoms with Crippen LogP contribution in [0.4, 0.5) is 0 Å². The van der Waals surface area contributed by atoms with Gasteiger partial charge >= 0.3 is 0 Å². The van der Waals surface area contributed by atoms with Gasteiger partial charge in [-0.1, -0.05) is 18.2 Å². The second kappa shape index (κ2) is 5.58. The number of benzene rings is 1. The number of fused-ring (bicyclic) bond motifs is 1. The Morgan fingerprint density at radius 2 is 2.05 bits per heavy atom. The van der Waals surface area contributed by atoms with Crippen molar-refractivity contribution in [1.29, 1.82) is 0 Å². The first-order valence-electron chi connectivity index (χ1n) is 7.04. The lowest BCUT2D eigenvalue weighted by Crippen LogP contribution is -2.23. The Labute approximate surface area is 122 Å². The lowest BCUT2D eigenvalue weighted by Gasteiger charge is -2.11. The van der Waals surface area contributed by atoms with Crippen molar-refractivity contribution in [2.75, 3.05) is 0 Å². The molecule has 0 spiro atoms. The van der Waals surface area contributed by atoms with E-state index in [0.29, 0.717) is 6.54 Å². The number of para-hydroxylation sites is 1. The first-order valence-corrected chi connectivity index (χ1v) is 7.04. The number of aromatic nitrogens is 1. The summed E-state index contributed by atoms with van der Waals surface area (Å²) in [6.45, 7) is 4.44. The fraction of sp³-hybridized carbons (Fsp3) is 0.235. The molecule has 1 unspecified atom stereocenters. The van der Waals surface area contributed by atoms with Crippen molar-refractivity contribution in [3.63, 3.8) is 0 Å². The average Bonchev–Trinajstić information content (AvgIpc) is 2.91. The number of pyridine rings is 1. The lowest BCUT2D eigenvalue weighted by molar-refractivity contribution is 0.415. The highest BCUT2D eigenvalue weighted by atomic mass is 16.3. The van der Waals surface area contributed by atoms with Crippen LogP contribution in [0.2, 0.25) is 0 Å². The van der Waals surface area contributed by atoms with Crippen LogP contribution in [0.3, 0.4) is 0 Å². The van der Waals surface area contributed by atoms with E-state index < -0.39 is 0 Å². The summed E-state index contributed by atoms with van der Waals surface area (Å²) < 4.78 is 5.59. The van der Waals surface area contributed by atoms with Gasteiger partial charge in [-0.25, -0.2) is 0 Å². The SMILES string of the molecule is Cc1ccc(C(C)NCc2cc3ccccc3[nH]c2=O)o1. The van der Waals surface area contributed by atoms with E-state index in [9.17, 15) is 4.79 Å². The molecule has 2 N–H and O–H groups in total. The van der Waals surface area contributed by atoms with Crippen LogP contribution in [0.25, 0.3) is 10.9 Å². The number of aryl methyl sites for hydroxylation is 1. The number of rotatable bonds is 4. The van der Waals surface area contributed by atoms with Crippen LogP contribution in [-0.2, 0) is 6.54 Å². The highest BCUT2D eigenvalue weighted by Crippen LogP contribution is 2.16. The summed E-state index contributed by atoms with van der Waals surface area (Å²) in [4.78, 5) is 15.0. The zero-order valence-corrected chi connectivity index (χ0v) is 12.1. The van der Waals surface area contributed by atoms with Crippen LogP contribution in [0.5, 0.6) is 0 Å². The minimum atomic E-state index is -0.0518. The molecular weight excluding hydrogens is 264 g/mol. The summed E-state index contributed by atoms with van der Waals surface area (Å²) in [6.07, 6.45) is 0. The third kappa shape index (κ3) is 2.90. The molecule has 108 valence electrons. The number of furan rings is 1. The van der Waals surface area contributed by atoms with Gasteiger partial charge in [-0.15, -0.1) is 0 Å². The van der Waals surface area contributed by atoms with Crippen LogP contribution < -0.4 is 10.9 Å². The molecule has 0 aliphatic carbocycles. The Balaban J connectivity index is 1.78. The highest BCUT2D eigenvalue weighted by molar-refractivity contribution is 5.78. The maximum atomic E-state index is 12.1. The third-order valence-corrected chi connectivity index (χ3v) is 3.62. The van der Waals surface area contributed by atoms with Crippen molar-refractivity contribution in [1.82, 2.24) is 10.3 Å². The van der Waals surface area contributed by atoms with E-state index in [0.717, 1.165) is 28.0 Å². The number of nitrogens with one attached hydrogen (secondary N) is 2. The summed E-state index contributed by atoms with van der Waals surface area (Å²) >= 11 is 0. The molecule has 0 fully saturated rings. The molecule has 0 saturated carbocycles. The molecular formula is C17H18N2O2. The minimum Gasteiger partial charge on any atom is -0.465 e. The maximum Gasteiger partial charge on any atom is 0.252 e. The van der Waals surface area contributed by atoms with Gasteiger partial charge in [0.1, 0.15) is 11.5 Å². The zero-order valence-electron chi connectivity index (χ0n) is 12.1. The van der Waals surface area contributed by atoms with Crippen LogP contribution in [0.15, 0.2) is 51.7 Å². The number of hydrogen-bond donors (Lipinski definition) is 2. The quantitative estimate of drug-likeness (QED) is 0.772. The molecule has 0 aliphatic rings. The van der Waals surface area contributed by atoms with Gasteiger partial charge in [0.05, 0.1) is 6.04 Å². The molecule has 1 atom stereocenters. The van der Waals surface area contributed by atoms with Crippen molar-refractivity contribution >= 4 is 10.9 Å². The van der Waals surface area contributed by atoms with Crippen molar-refractivity contribution in [3.05, 3.63) is 69.9 Å². The Morgan fingerprint density at radius 1 is 1.24 bits per heavy atom. The van der Waals surface area contributed by atoms with Gasteiger partial charge in [-0.3, -0.25) is 4.79 Å². The predicted octanol–water partition coefficient (Wildman–Crippen LogP) is 3.28.